The van der Waals surface area contributed by atoms with Gasteiger partial charge in [-0.15, -0.1) is 0 Å². The molecule has 1 fully saturated rings. The van der Waals surface area contributed by atoms with Gasteiger partial charge in [-0.2, -0.15) is 0 Å². The number of H-pyrrole nitrogens is 1. The first-order chi connectivity index (χ1) is 7.84. The zero-order valence-corrected chi connectivity index (χ0v) is 9.14. The zero-order valence-electron chi connectivity index (χ0n) is 9.14. The number of hydrogen-bond acceptors (Lipinski definition) is 5. The maximum absolute atomic E-state index is 4.35. The third kappa shape index (κ3) is 1.51. The predicted octanol–water partition coefficient (Wildman–Crippen LogP) is 0.151. The minimum atomic E-state index is 0.488. The second-order valence-electron chi connectivity index (χ2n) is 4.10. The monoisotopic (exact) mass is 218 g/mol. The molecule has 1 saturated heterocycles. The van der Waals surface area contributed by atoms with Crippen molar-refractivity contribution >= 4 is 17.0 Å². The molecule has 2 N–H and O–H groups in total. The largest absolute Gasteiger partial charge is 0.352 e. The summed E-state index contributed by atoms with van der Waals surface area (Å²) in [7, 11) is 0. The van der Waals surface area contributed by atoms with E-state index in [4.69, 9.17) is 0 Å². The molecule has 84 valence electrons. The predicted molar refractivity (Wildman–Crippen MR) is 61.4 cm³/mol. The Morgan fingerprint density at radius 3 is 3.19 bits per heavy atom. The summed E-state index contributed by atoms with van der Waals surface area (Å²) in [5.41, 5.74) is 1.66. The molecule has 1 aliphatic rings. The number of nitrogens with one attached hydrogen (secondary N) is 2. The molecular weight excluding hydrogens is 204 g/mol. The van der Waals surface area contributed by atoms with Crippen molar-refractivity contribution < 1.29 is 0 Å². The molecule has 0 saturated carbocycles. The average Bonchev–Trinajstić information content (AvgIpc) is 2.76. The fraction of sp³-hybridized carbons (Fsp3) is 0.500. The van der Waals surface area contributed by atoms with E-state index in [0.717, 1.165) is 36.6 Å². The van der Waals surface area contributed by atoms with Crippen LogP contribution in [0.1, 0.15) is 6.92 Å². The molecule has 1 atom stereocenters. The molecule has 1 unspecified atom stereocenters. The van der Waals surface area contributed by atoms with Crippen molar-refractivity contribution in [3.05, 3.63) is 12.7 Å². The molecule has 1 aliphatic heterocycles. The molecule has 2 aromatic heterocycles. The molecule has 0 aromatic carbocycles. The van der Waals surface area contributed by atoms with Crippen molar-refractivity contribution in [3.8, 4) is 0 Å². The van der Waals surface area contributed by atoms with Crippen molar-refractivity contribution in [3.63, 3.8) is 0 Å². The van der Waals surface area contributed by atoms with E-state index in [-0.39, 0.29) is 0 Å². The van der Waals surface area contributed by atoms with Crippen LogP contribution < -0.4 is 10.2 Å². The van der Waals surface area contributed by atoms with Gasteiger partial charge in [0.25, 0.3) is 0 Å². The van der Waals surface area contributed by atoms with Crippen LogP contribution in [0.4, 0.5) is 5.82 Å². The van der Waals surface area contributed by atoms with Crippen LogP contribution in [0.25, 0.3) is 11.2 Å². The van der Waals surface area contributed by atoms with E-state index < -0.39 is 0 Å². The zero-order chi connectivity index (χ0) is 11.0. The Balaban J connectivity index is 2.01. The van der Waals surface area contributed by atoms with Crippen molar-refractivity contribution in [2.45, 2.75) is 13.0 Å². The fourth-order valence-corrected chi connectivity index (χ4v) is 2.12. The molecular formula is C10H14N6. The van der Waals surface area contributed by atoms with Gasteiger partial charge in [-0.3, -0.25) is 0 Å². The van der Waals surface area contributed by atoms with E-state index in [9.17, 15) is 0 Å². The summed E-state index contributed by atoms with van der Waals surface area (Å²) in [5.74, 6) is 0.954. The smallest absolute Gasteiger partial charge is 0.182 e. The average molecular weight is 218 g/mol. The number of hydrogen-bond donors (Lipinski definition) is 2. The summed E-state index contributed by atoms with van der Waals surface area (Å²) in [5, 5.41) is 3.41. The van der Waals surface area contributed by atoms with Gasteiger partial charge in [0.1, 0.15) is 11.8 Å². The first-order valence-electron chi connectivity index (χ1n) is 5.47. The number of aromatic amines is 1. The summed E-state index contributed by atoms with van der Waals surface area (Å²) < 4.78 is 0. The van der Waals surface area contributed by atoms with Gasteiger partial charge in [0, 0.05) is 25.7 Å². The van der Waals surface area contributed by atoms with Crippen LogP contribution in [0.15, 0.2) is 12.7 Å². The lowest BCUT2D eigenvalue weighted by Crippen LogP contribution is -2.49. The van der Waals surface area contributed by atoms with Gasteiger partial charge in [0.2, 0.25) is 0 Å². The molecule has 0 amide bonds. The van der Waals surface area contributed by atoms with Crippen LogP contribution in [-0.2, 0) is 0 Å². The minimum Gasteiger partial charge on any atom is -0.352 e. The van der Waals surface area contributed by atoms with Crippen molar-refractivity contribution in [1.29, 1.82) is 0 Å². The quantitative estimate of drug-likeness (QED) is 0.713. The standard InChI is InChI=1S/C10H14N6/c1-7-4-16(3-2-11-7)10-8-9(13-5-12-8)14-6-15-10/h5-7,11H,2-4H2,1H3,(H,12,13,14,15). The van der Waals surface area contributed by atoms with Gasteiger partial charge in [-0.25, -0.2) is 15.0 Å². The minimum absolute atomic E-state index is 0.488. The lowest BCUT2D eigenvalue weighted by atomic mass is 10.2. The number of imidazole rings is 1. The Hall–Kier alpha value is -1.69. The van der Waals surface area contributed by atoms with Gasteiger partial charge >= 0.3 is 0 Å². The molecule has 6 heteroatoms. The van der Waals surface area contributed by atoms with Gasteiger partial charge in [0.05, 0.1) is 6.33 Å². The van der Waals surface area contributed by atoms with Crippen molar-refractivity contribution in [2.24, 2.45) is 0 Å². The summed E-state index contributed by atoms with van der Waals surface area (Å²) in [6.07, 6.45) is 3.24. The number of piperazine rings is 1. The van der Waals surface area contributed by atoms with Gasteiger partial charge in [0.15, 0.2) is 11.5 Å². The van der Waals surface area contributed by atoms with E-state index in [2.05, 4.69) is 37.1 Å². The highest BCUT2D eigenvalue weighted by Gasteiger charge is 2.19. The Morgan fingerprint density at radius 1 is 1.38 bits per heavy atom. The summed E-state index contributed by atoms with van der Waals surface area (Å²) >= 11 is 0. The molecule has 3 heterocycles. The Morgan fingerprint density at radius 2 is 2.31 bits per heavy atom. The highest BCUT2D eigenvalue weighted by Crippen LogP contribution is 2.20. The Kier molecular flexibility index (Phi) is 2.21. The topological polar surface area (TPSA) is 69.7 Å². The van der Waals surface area contributed by atoms with E-state index in [1.165, 1.54) is 0 Å². The van der Waals surface area contributed by atoms with Crippen LogP contribution in [0, 0.1) is 0 Å². The lowest BCUT2D eigenvalue weighted by molar-refractivity contribution is 0.483. The lowest BCUT2D eigenvalue weighted by Gasteiger charge is -2.32. The van der Waals surface area contributed by atoms with E-state index in [0.29, 0.717) is 6.04 Å². The molecule has 0 bridgehead atoms. The molecule has 3 rings (SSSR count). The summed E-state index contributed by atoms with van der Waals surface area (Å²) in [6, 6.07) is 0.488. The molecule has 0 radical (unpaired) electrons. The SMILES string of the molecule is CC1CN(c2ncnc3nc[nH]c23)CCN1. The van der Waals surface area contributed by atoms with Crippen LogP contribution in [0.5, 0.6) is 0 Å². The van der Waals surface area contributed by atoms with E-state index in [1.54, 1.807) is 12.7 Å². The first kappa shape index (κ1) is 9.53. The second kappa shape index (κ2) is 3.71. The Bertz CT molecular complexity index is 493. The maximum Gasteiger partial charge on any atom is 0.182 e. The molecule has 0 aliphatic carbocycles. The third-order valence-corrected chi connectivity index (χ3v) is 2.87. The van der Waals surface area contributed by atoms with Crippen molar-refractivity contribution in [2.75, 3.05) is 24.5 Å². The van der Waals surface area contributed by atoms with Gasteiger partial charge in [-0.1, -0.05) is 0 Å². The first-order valence-corrected chi connectivity index (χ1v) is 5.47. The normalized spacial score (nSPS) is 21.6. The fourth-order valence-electron chi connectivity index (χ4n) is 2.12. The highest BCUT2D eigenvalue weighted by atomic mass is 15.3. The van der Waals surface area contributed by atoms with Crippen molar-refractivity contribution in [1.82, 2.24) is 25.3 Å². The van der Waals surface area contributed by atoms with Gasteiger partial charge in [-0.05, 0) is 6.92 Å². The number of anilines is 1. The maximum atomic E-state index is 4.35. The molecule has 16 heavy (non-hydrogen) atoms. The van der Waals surface area contributed by atoms with Crippen LogP contribution in [0.2, 0.25) is 0 Å². The van der Waals surface area contributed by atoms with Crippen LogP contribution in [-0.4, -0.2) is 45.6 Å². The van der Waals surface area contributed by atoms with Crippen LogP contribution in [0.3, 0.4) is 0 Å². The number of nitrogens with zero attached hydrogens (tertiary/aromatic N) is 4. The second-order valence-corrected chi connectivity index (χ2v) is 4.10. The van der Waals surface area contributed by atoms with Gasteiger partial charge < -0.3 is 15.2 Å². The number of fused-ring (bicyclic) bond motifs is 1. The van der Waals surface area contributed by atoms with Crippen LogP contribution >= 0.6 is 0 Å². The molecule has 0 spiro atoms. The summed E-state index contributed by atoms with van der Waals surface area (Å²) in [4.78, 5) is 18.0. The highest BCUT2D eigenvalue weighted by molar-refractivity contribution is 5.82. The Labute approximate surface area is 93.1 Å². The summed E-state index contributed by atoms with van der Waals surface area (Å²) in [6.45, 7) is 5.10. The molecule has 6 nitrogen and oxygen atoms in total. The van der Waals surface area contributed by atoms with E-state index >= 15 is 0 Å². The van der Waals surface area contributed by atoms with E-state index in [1.807, 2.05) is 0 Å². The molecule has 2 aromatic rings. The number of aromatic nitrogens is 4. The number of rotatable bonds is 1. The third-order valence-electron chi connectivity index (χ3n) is 2.87.